The Bertz CT molecular complexity index is 358. The Kier molecular flexibility index (Phi) is 1.99. The average Bonchev–Trinajstić information content (AvgIpc) is 2.76. The number of rotatable bonds is 1. The second-order valence-electron chi connectivity index (χ2n) is 4.09. The van der Waals surface area contributed by atoms with Crippen molar-refractivity contribution in [2.45, 2.75) is 25.2 Å². The Morgan fingerprint density at radius 1 is 1.20 bits per heavy atom. The molecule has 2 fully saturated rings. The van der Waals surface area contributed by atoms with E-state index in [4.69, 9.17) is 9.47 Å². The number of hydrogen-bond donors (Lipinski definition) is 0. The number of fused-ring (bicyclic) bond motifs is 1. The van der Waals surface area contributed by atoms with Crippen molar-refractivity contribution in [3.05, 3.63) is 35.9 Å². The molecule has 1 aromatic rings. The molecule has 0 aromatic heterocycles. The molecule has 2 aliphatic rings. The zero-order valence-corrected chi connectivity index (χ0v) is 8.26. The van der Waals surface area contributed by atoms with Gasteiger partial charge >= 0.3 is 5.97 Å². The van der Waals surface area contributed by atoms with Gasteiger partial charge in [-0.2, -0.15) is 0 Å². The van der Waals surface area contributed by atoms with E-state index < -0.39 is 0 Å². The number of hydrogen-bond acceptors (Lipinski definition) is 3. The normalized spacial score (nSPS) is 33.9. The third kappa shape index (κ3) is 1.53. The molecule has 0 N–H and O–H groups in total. The molecule has 0 radical (unpaired) electrons. The second-order valence-corrected chi connectivity index (χ2v) is 4.09. The maximum absolute atomic E-state index is 11.0. The summed E-state index contributed by atoms with van der Waals surface area (Å²) < 4.78 is 10.8. The van der Waals surface area contributed by atoms with Gasteiger partial charge in [-0.05, 0) is 12.0 Å². The first kappa shape index (κ1) is 8.92. The Hall–Kier alpha value is -1.35. The lowest BCUT2D eigenvalue weighted by Gasteiger charge is -2.12. The van der Waals surface area contributed by atoms with Crippen molar-refractivity contribution in [2.24, 2.45) is 5.92 Å². The van der Waals surface area contributed by atoms with Gasteiger partial charge in [-0.15, -0.1) is 0 Å². The predicted octanol–water partition coefficient (Wildman–Crippen LogP) is 2.04. The Morgan fingerprint density at radius 2 is 2.00 bits per heavy atom. The van der Waals surface area contributed by atoms with Gasteiger partial charge in [-0.3, -0.25) is 4.79 Å². The third-order valence-electron chi connectivity index (χ3n) is 3.05. The first-order valence-corrected chi connectivity index (χ1v) is 5.23. The first-order chi connectivity index (χ1) is 7.33. The maximum Gasteiger partial charge on any atom is 0.308 e. The topological polar surface area (TPSA) is 35.5 Å². The van der Waals surface area contributed by atoms with E-state index in [0.717, 1.165) is 6.42 Å². The van der Waals surface area contributed by atoms with Crippen LogP contribution in [-0.4, -0.2) is 12.3 Å². The van der Waals surface area contributed by atoms with Gasteiger partial charge in [-0.25, -0.2) is 0 Å². The fourth-order valence-corrected chi connectivity index (χ4v) is 2.29. The standard InChI is InChI=1S/C12H12O3/c13-11-7-9-6-10(14-12(9)15-11)8-4-2-1-3-5-8/h1-5,9-10,12H,6-7H2/t9-,10-,12+/m0/s1. The Balaban J connectivity index is 1.76. The van der Waals surface area contributed by atoms with Crippen LogP contribution >= 0.6 is 0 Å². The van der Waals surface area contributed by atoms with Crippen LogP contribution in [0, 0.1) is 5.92 Å². The summed E-state index contributed by atoms with van der Waals surface area (Å²) in [5.41, 5.74) is 1.17. The molecule has 2 heterocycles. The molecular weight excluding hydrogens is 192 g/mol. The molecule has 2 saturated heterocycles. The van der Waals surface area contributed by atoms with Gasteiger partial charge in [0.05, 0.1) is 12.5 Å². The summed E-state index contributed by atoms with van der Waals surface area (Å²) in [6, 6.07) is 10.1. The molecule has 0 saturated carbocycles. The minimum absolute atomic E-state index is 0.0919. The van der Waals surface area contributed by atoms with Gasteiger partial charge in [0, 0.05) is 5.92 Å². The summed E-state index contributed by atoms with van der Waals surface area (Å²) in [6.07, 6.45) is 1.19. The van der Waals surface area contributed by atoms with Crippen LogP contribution in [0.3, 0.4) is 0 Å². The molecule has 1 aromatic carbocycles. The monoisotopic (exact) mass is 204 g/mol. The first-order valence-electron chi connectivity index (χ1n) is 5.23. The molecule has 0 unspecified atom stereocenters. The molecule has 2 aliphatic heterocycles. The minimum atomic E-state index is -0.303. The Labute approximate surface area is 88.0 Å². The van der Waals surface area contributed by atoms with Crippen LogP contribution in [0.25, 0.3) is 0 Å². The number of ether oxygens (including phenoxy) is 2. The molecule has 3 rings (SSSR count). The summed E-state index contributed by atoms with van der Waals surface area (Å²) in [5, 5.41) is 0. The number of benzene rings is 1. The van der Waals surface area contributed by atoms with Crippen LogP contribution in [0.5, 0.6) is 0 Å². The van der Waals surface area contributed by atoms with Gasteiger partial charge in [0.1, 0.15) is 0 Å². The van der Waals surface area contributed by atoms with E-state index in [-0.39, 0.29) is 24.3 Å². The summed E-state index contributed by atoms with van der Waals surface area (Å²) in [4.78, 5) is 11.0. The van der Waals surface area contributed by atoms with Crippen molar-refractivity contribution in [1.29, 1.82) is 0 Å². The maximum atomic E-state index is 11.0. The number of esters is 1. The highest BCUT2D eigenvalue weighted by molar-refractivity contribution is 5.72. The lowest BCUT2D eigenvalue weighted by atomic mass is 9.99. The van der Waals surface area contributed by atoms with Crippen LogP contribution in [0.2, 0.25) is 0 Å². The van der Waals surface area contributed by atoms with E-state index in [1.165, 1.54) is 5.56 Å². The molecular formula is C12H12O3. The van der Waals surface area contributed by atoms with Gasteiger partial charge in [0.2, 0.25) is 6.29 Å². The summed E-state index contributed by atoms with van der Waals surface area (Å²) >= 11 is 0. The van der Waals surface area contributed by atoms with E-state index in [2.05, 4.69) is 0 Å². The van der Waals surface area contributed by atoms with E-state index in [1.54, 1.807) is 0 Å². The number of carbonyl (C=O) groups is 1. The van der Waals surface area contributed by atoms with Crippen molar-refractivity contribution >= 4 is 5.97 Å². The highest BCUT2D eigenvalue weighted by Crippen LogP contribution is 2.42. The average molecular weight is 204 g/mol. The lowest BCUT2D eigenvalue weighted by Crippen LogP contribution is -2.11. The second kappa shape index (κ2) is 3.35. The molecule has 3 atom stereocenters. The van der Waals surface area contributed by atoms with Crippen LogP contribution in [0.4, 0.5) is 0 Å². The highest BCUT2D eigenvalue weighted by atomic mass is 16.7. The smallest absolute Gasteiger partial charge is 0.308 e. The predicted molar refractivity (Wildman–Crippen MR) is 52.9 cm³/mol. The van der Waals surface area contributed by atoms with Crippen LogP contribution < -0.4 is 0 Å². The lowest BCUT2D eigenvalue weighted by molar-refractivity contribution is -0.164. The van der Waals surface area contributed by atoms with Crippen LogP contribution in [-0.2, 0) is 14.3 Å². The largest absolute Gasteiger partial charge is 0.435 e. The zero-order valence-electron chi connectivity index (χ0n) is 8.26. The minimum Gasteiger partial charge on any atom is -0.435 e. The molecule has 78 valence electrons. The van der Waals surface area contributed by atoms with E-state index >= 15 is 0 Å². The molecule has 3 heteroatoms. The summed E-state index contributed by atoms with van der Waals surface area (Å²) in [6.45, 7) is 0. The van der Waals surface area contributed by atoms with Crippen molar-refractivity contribution in [3.63, 3.8) is 0 Å². The fourth-order valence-electron chi connectivity index (χ4n) is 2.29. The summed E-state index contributed by atoms with van der Waals surface area (Å²) in [7, 11) is 0. The van der Waals surface area contributed by atoms with Crippen molar-refractivity contribution in [1.82, 2.24) is 0 Å². The zero-order chi connectivity index (χ0) is 10.3. The van der Waals surface area contributed by atoms with Crippen LogP contribution in [0.15, 0.2) is 30.3 Å². The molecule has 0 bridgehead atoms. The fraction of sp³-hybridized carbons (Fsp3) is 0.417. The summed E-state index contributed by atoms with van der Waals surface area (Å²) in [5.74, 6) is 0.124. The molecule has 0 amide bonds. The van der Waals surface area contributed by atoms with Crippen molar-refractivity contribution in [3.8, 4) is 0 Å². The third-order valence-corrected chi connectivity index (χ3v) is 3.05. The van der Waals surface area contributed by atoms with Gasteiger partial charge in [0.15, 0.2) is 0 Å². The quantitative estimate of drug-likeness (QED) is 0.657. The van der Waals surface area contributed by atoms with Crippen molar-refractivity contribution < 1.29 is 14.3 Å². The Morgan fingerprint density at radius 3 is 2.73 bits per heavy atom. The molecule has 15 heavy (non-hydrogen) atoms. The van der Waals surface area contributed by atoms with Crippen LogP contribution in [0.1, 0.15) is 24.5 Å². The number of carbonyl (C=O) groups excluding carboxylic acids is 1. The molecule has 0 aliphatic carbocycles. The van der Waals surface area contributed by atoms with Gasteiger partial charge in [0.25, 0.3) is 0 Å². The van der Waals surface area contributed by atoms with E-state index in [0.29, 0.717) is 6.42 Å². The van der Waals surface area contributed by atoms with Gasteiger partial charge < -0.3 is 9.47 Å². The van der Waals surface area contributed by atoms with E-state index in [9.17, 15) is 4.79 Å². The SMILES string of the molecule is O=C1C[C@@H]2C[C@@H](c3ccccc3)O[C@@H]2O1. The van der Waals surface area contributed by atoms with E-state index in [1.807, 2.05) is 30.3 Å². The molecule has 0 spiro atoms. The molecule has 3 nitrogen and oxygen atoms in total. The van der Waals surface area contributed by atoms with Crippen molar-refractivity contribution in [2.75, 3.05) is 0 Å². The highest BCUT2D eigenvalue weighted by Gasteiger charge is 2.44. The van der Waals surface area contributed by atoms with Gasteiger partial charge in [-0.1, -0.05) is 30.3 Å².